The SMILES string of the molecule is CCc1c(C)nn(-c2cccc(C(=O)O)c2[N+](=O)[O-])c1C. The number of nitro groups is 1. The molecule has 0 aliphatic carbocycles. The van der Waals surface area contributed by atoms with Gasteiger partial charge >= 0.3 is 11.7 Å². The summed E-state index contributed by atoms with van der Waals surface area (Å²) in [6.07, 6.45) is 0.754. The van der Waals surface area contributed by atoms with E-state index in [1.165, 1.54) is 22.9 Å². The monoisotopic (exact) mass is 289 g/mol. The first-order valence-electron chi connectivity index (χ1n) is 6.44. The van der Waals surface area contributed by atoms with Gasteiger partial charge < -0.3 is 5.11 Å². The molecule has 21 heavy (non-hydrogen) atoms. The van der Waals surface area contributed by atoms with E-state index < -0.39 is 16.6 Å². The van der Waals surface area contributed by atoms with Gasteiger partial charge in [0.05, 0.1) is 10.6 Å². The van der Waals surface area contributed by atoms with Crippen LogP contribution in [0, 0.1) is 24.0 Å². The van der Waals surface area contributed by atoms with Gasteiger partial charge in [-0.1, -0.05) is 13.0 Å². The van der Waals surface area contributed by atoms with E-state index in [1.54, 1.807) is 0 Å². The average Bonchev–Trinajstić information content (AvgIpc) is 2.72. The van der Waals surface area contributed by atoms with Gasteiger partial charge in [0.15, 0.2) is 0 Å². The van der Waals surface area contributed by atoms with Crippen LogP contribution in [0.4, 0.5) is 5.69 Å². The minimum Gasteiger partial charge on any atom is -0.477 e. The summed E-state index contributed by atoms with van der Waals surface area (Å²) in [5.41, 5.74) is 1.94. The molecule has 0 aliphatic heterocycles. The van der Waals surface area contributed by atoms with E-state index >= 15 is 0 Å². The summed E-state index contributed by atoms with van der Waals surface area (Å²) in [6.45, 7) is 5.62. The highest BCUT2D eigenvalue weighted by Gasteiger charge is 2.27. The Kier molecular flexibility index (Phi) is 3.75. The van der Waals surface area contributed by atoms with Crippen LogP contribution in [0.1, 0.15) is 34.2 Å². The Morgan fingerprint density at radius 3 is 2.57 bits per heavy atom. The highest BCUT2D eigenvalue weighted by atomic mass is 16.6. The number of benzene rings is 1. The zero-order chi connectivity index (χ0) is 15.7. The predicted octanol–water partition coefficient (Wildman–Crippen LogP) is 2.66. The lowest BCUT2D eigenvalue weighted by molar-refractivity contribution is -0.385. The Bertz CT molecular complexity index is 734. The molecule has 0 spiro atoms. The lowest BCUT2D eigenvalue weighted by atomic mass is 10.1. The topological polar surface area (TPSA) is 98.3 Å². The molecular weight excluding hydrogens is 274 g/mol. The fraction of sp³-hybridized carbons (Fsp3) is 0.286. The van der Waals surface area contributed by atoms with Crippen molar-refractivity contribution < 1.29 is 14.8 Å². The summed E-state index contributed by atoms with van der Waals surface area (Å²) in [4.78, 5) is 21.8. The second-order valence-electron chi connectivity index (χ2n) is 4.65. The Morgan fingerprint density at radius 1 is 1.43 bits per heavy atom. The van der Waals surface area contributed by atoms with Crippen molar-refractivity contribution in [2.75, 3.05) is 0 Å². The minimum absolute atomic E-state index is 0.167. The van der Waals surface area contributed by atoms with Crippen molar-refractivity contribution in [3.05, 3.63) is 50.8 Å². The first-order valence-corrected chi connectivity index (χ1v) is 6.44. The Balaban J connectivity index is 2.79. The normalized spacial score (nSPS) is 10.6. The summed E-state index contributed by atoms with van der Waals surface area (Å²) in [5, 5.41) is 24.7. The molecule has 0 amide bonds. The number of aromatic carboxylic acids is 1. The highest BCUT2D eigenvalue weighted by Crippen LogP contribution is 2.29. The molecule has 1 aromatic carbocycles. The molecule has 2 rings (SSSR count). The third kappa shape index (κ3) is 2.37. The van der Waals surface area contributed by atoms with Crippen molar-refractivity contribution in [3.63, 3.8) is 0 Å². The maximum Gasteiger partial charge on any atom is 0.342 e. The molecule has 1 aromatic heterocycles. The van der Waals surface area contributed by atoms with E-state index in [0.29, 0.717) is 0 Å². The highest BCUT2D eigenvalue weighted by molar-refractivity contribution is 5.94. The number of nitro benzene ring substituents is 1. The van der Waals surface area contributed by atoms with E-state index in [0.717, 1.165) is 23.4 Å². The van der Waals surface area contributed by atoms with Crippen molar-refractivity contribution in [1.29, 1.82) is 0 Å². The van der Waals surface area contributed by atoms with Crippen LogP contribution >= 0.6 is 0 Å². The number of aromatic nitrogens is 2. The van der Waals surface area contributed by atoms with Gasteiger partial charge in [-0.05, 0) is 38.0 Å². The summed E-state index contributed by atoms with van der Waals surface area (Å²) < 4.78 is 1.44. The standard InChI is InChI=1S/C14H15N3O4/c1-4-10-8(2)15-16(9(10)3)12-7-5-6-11(14(18)19)13(12)17(20)21/h5-7H,4H2,1-3H3,(H,18,19). The van der Waals surface area contributed by atoms with Crippen LogP contribution in [-0.2, 0) is 6.42 Å². The van der Waals surface area contributed by atoms with E-state index in [1.807, 2.05) is 20.8 Å². The molecular formula is C14H15N3O4. The number of carboxylic acid groups (broad SMARTS) is 1. The van der Waals surface area contributed by atoms with Crippen molar-refractivity contribution in [2.24, 2.45) is 0 Å². The van der Waals surface area contributed by atoms with Gasteiger partial charge in [-0.2, -0.15) is 5.10 Å². The number of nitrogens with zero attached hydrogens (tertiary/aromatic N) is 3. The third-order valence-electron chi connectivity index (χ3n) is 3.45. The molecule has 7 heteroatoms. The van der Waals surface area contributed by atoms with Crippen molar-refractivity contribution >= 4 is 11.7 Å². The molecule has 0 fully saturated rings. The number of hydrogen-bond donors (Lipinski definition) is 1. The third-order valence-corrected chi connectivity index (χ3v) is 3.45. The minimum atomic E-state index is -1.33. The maximum atomic E-state index is 11.3. The van der Waals surface area contributed by atoms with Crippen LogP contribution in [0.15, 0.2) is 18.2 Å². The molecule has 0 saturated heterocycles. The number of aryl methyl sites for hydroxylation is 1. The molecule has 7 nitrogen and oxygen atoms in total. The second kappa shape index (κ2) is 5.35. The number of hydrogen-bond acceptors (Lipinski definition) is 4. The molecule has 0 bridgehead atoms. The number of para-hydroxylation sites is 1. The first-order chi connectivity index (χ1) is 9.88. The van der Waals surface area contributed by atoms with Crippen molar-refractivity contribution in [2.45, 2.75) is 27.2 Å². The molecule has 0 atom stereocenters. The van der Waals surface area contributed by atoms with Crippen LogP contribution in [0.25, 0.3) is 5.69 Å². The fourth-order valence-electron chi connectivity index (χ4n) is 2.49. The largest absolute Gasteiger partial charge is 0.477 e. The van der Waals surface area contributed by atoms with E-state index in [9.17, 15) is 14.9 Å². The predicted molar refractivity (Wildman–Crippen MR) is 76.0 cm³/mol. The van der Waals surface area contributed by atoms with Crippen LogP contribution in [0.2, 0.25) is 0 Å². The number of carbonyl (C=O) groups is 1. The zero-order valence-corrected chi connectivity index (χ0v) is 12.0. The van der Waals surface area contributed by atoms with E-state index in [-0.39, 0.29) is 11.3 Å². The summed E-state index contributed by atoms with van der Waals surface area (Å²) >= 11 is 0. The van der Waals surface area contributed by atoms with E-state index in [4.69, 9.17) is 5.11 Å². The van der Waals surface area contributed by atoms with Gasteiger partial charge in [0.1, 0.15) is 11.3 Å². The smallest absolute Gasteiger partial charge is 0.342 e. The molecule has 0 radical (unpaired) electrons. The van der Waals surface area contributed by atoms with E-state index in [2.05, 4.69) is 5.10 Å². The van der Waals surface area contributed by atoms with Gasteiger partial charge in [-0.25, -0.2) is 9.48 Å². The van der Waals surface area contributed by atoms with Crippen LogP contribution in [0.3, 0.4) is 0 Å². The molecule has 2 aromatic rings. The lowest BCUT2D eigenvalue weighted by Gasteiger charge is -2.07. The summed E-state index contributed by atoms with van der Waals surface area (Å²) in [7, 11) is 0. The van der Waals surface area contributed by atoms with Crippen molar-refractivity contribution in [1.82, 2.24) is 9.78 Å². The molecule has 1 heterocycles. The van der Waals surface area contributed by atoms with Crippen molar-refractivity contribution in [3.8, 4) is 5.69 Å². The van der Waals surface area contributed by atoms with Crippen LogP contribution in [0.5, 0.6) is 0 Å². The average molecular weight is 289 g/mol. The summed E-state index contributed by atoms with van der Waals surface area (Å²) in [5.74, 6) is -1.33. The summed E-state index contributed by atoms with van der Waals surface area (Å²) in [6, 6.07) is 4.20. The van der Waals surface area contributed by atoms with Gasteiger partial charge in [0.25, 0.3) is 0 Å². The second-order valence-corrected chi connectivity index (χ2v) is 4.65. The van der Waals surface area contributed by atoms with Gasteiger partial charge in [-0.3, -0.25) is 10.1 Å². The molecule has 0 saturated carbocycles. The maximum absolute atomic E-state index is 11.3. The number of carboxylic acids is 1. The quantitative estimate of drug-likeness (QED) is 0.689. The van der Waals surface area contributed by atoms with Gasteiger partial charge in [0.2, 0.25) is 0 Å². The van der Waals surface area contributed by atoms with Crippen LogP contribution in [-0.4, -0.2) is 25.8 Å². The number of rotatable bonds is 4. The Hall–Kier alpha value is -2.70. The Labute approximate surface area is 121 Å². The van der Waals surface area contributed by atoms with Crippen LogP contribution < -0.4 is 0 Å². The molecule has 110 valence electrons. The van der Waals surface area contributed by atoms with Gasteiger partial charge in [-0.15, -0.1) is 0 Å². The Morgan fingerprint density at radius 2 is 2.10 bits per heavy atom. The molecule has 1 N–H and O–H groups in total. The fourth-order valence-corrected chi connectivity index (χ4v) is 2.49. The van der Waals surface area contributed by atoms with Gasteiger partial charge in [0, 0.05) is 5.69 Å². The first kappa shape index (κ1) is 14.7. The molecule has 0 unspecified atom stereocenters. The lowest BCUT2D eigenvalue weighted by Crippen LogP contribution is -2.09. The molecule has 0 aliphatic rings. The zero-order valence-electron chi connectivity index (χ0n) is 12.0.